The molecule has 1 amide bonds. The lowest BCUT2D eigenvalue weighted by Gasteiger charge is -2.22. The number of amides is 1. The van der Waals surface area contributed by atoms with E-state index in [-0.39, 0.29) is 24.4 Å². The summed E-state index contributed by atoms with van der Waals surface area (Å²) in [5, 5.41) is 0. The van der Waals surface area contributed by atoms with Gasteiger partial charge in [0.15, 0.2) is 0 Å². The standard InChI is InChI=1S/C16H26N2O3.ClH/c1-11(2)15(17)6-7-18(3)16(19)12-8-13(20-4)10-14(9-12)21-5;/h8-11,15H,6-7,17H2,1-5H3;1H. The van der Waals surface area contributed by atoms with Crippen LogP contribution in [0.25, 0.3) is 0 Å². The van der Waals surface area contributed by atoms with Gasteiger partial charge >= 0.3 is 0 Å². The Labute approximate surface area is 139 Å². The van der Waals surface area contributed by atoms with E-state index in [1.165, 1.54) is 0 Å². The van der Waals surface area contributed by atoms with E-state index in [4.69, 9.17) is 15.2 Å². The van der Waals surface area contributed by atoms with E-state index in [1.807, 2.05) is 0 Å². The molecule has 0 aliphatic rings. The molecule has 0 saturated carbocycles. The van der Waals surface area contributed by atoms with E-state index in [9.17, 15) is 4.79 Å². The van der Waals surface area contributed by atoms with Crippen LogP contribution in [0.4, 0.5) is 0 Å². The van der Waals surface area contributed by atoms with Crippen molar-refractivity contribution in [1.29, 1.82) is 0 Å². The summed E-state index contributed by atoms with van der Waals surface area (Å²) in [5.74, 6) is 1.54. The fourth-order valence-electron chi connectivity index (χ4n) is 1.93. The van der Waals surface area contributed by atoms with E-state index in [0.29, 0.717) is 29.5 Å². The molecular weight excluding hydrogens is 304 g/mol. The molecule has 0 fully saturated rings. The van der Waals surface area contributed by atoms with E-state index < -0.39 is 0 Å². The highest BCUT2D eigenvalue weighted by Gasteiger charge is 2.16. The molecule has 22 heavy (non-hydrogen) atoms. The molecule has 6 heteroatoms. The topological polar surface area (TPSA) is 64.8 Å². The number of nitrogens with two attached hydrogens (primary N) is 1. The van der Waals surface area contributed by atoms with Crippen molar-refractivity contribution in [2.24, 2.45) is 11.7 Å². The van der Waals surface area contributed by atoms with Gasteiger partial charge in [-0.1, -0.05) is 13.8 Å². The van der Waals surface area contributed by atoms with Crippen molar-refractivity contribution < 1.29 is 14.3 Å². The molecule has 1 rings (SSSR count). The van der Waals surface area contributed by atoms with Gasteiger partial charge in [-0.15, -0.1) is 12.4 Å². The summed E-state index contributed by atoms with van der Waals surface area (Å²) < 4.78 is 10.4. The van der Waals surface area contributed by atoms with Gasteiger partial charge in [0, 0.05) is 31.3 Å². The Bertz CT molecular complexity index is 458. The van der Waals surface area contributed by atoms with Crippen LogP contribution < -0.4 is 15.2 Å². The molecule has 0 heterocycles. The molecule has 1 aromatic rings. The Kier molecular flexibility index (Phi) is 8.90. The first-order valence-electron chi connectivity index (χ1n) is 7.13. The lowest BCUT2D eigenvalue weighted by atomic mass is 10.0. The Balaban J connectivity index is 0.00000441. The molecule has 126 valence electrons. The first-order chi connectivity index (χ1) is 9.88. The van der Waals surface area contributed by atoms with Gasteiger partial charge in [0.2, 0.25) is 0 Å². The van der Waals surface area contributed by atoms with Crippen molar-refractivity contribution >= 4 is 18.3 Å². The maximum Gasteiger partial charge on any atom is 0.253 e. The predicted octanol–water partition coefficient (Wildman–Crippen LogP) is 2.57. The summed E-state index contributed by atoms with van der Waals surface area (Å²) in [6.07, 6.45) is 0.779. The molecule has 0 aromatic heterocycles. The smallest absolute Gasteiger partial charge is 0.253 e. The van der Waals surface area contributed by atoms with Crippen LogP contribution in [0, 0.1) is 5.92 Å². The van der Waals surface area contributed by atoms with Gasteiger partial charge in [0.25, 0.3) is 5.91 Å². The largest absolute Gasteiger partial charge is 0.497 e. The lowest BCUT2D eigenvalue weighted by molar-refractivity contribution is 0.0788. The van der Waals surface area contributed by atoms with Gasteiger partial charge in [0.05, 0.1) is 14.2 Å². The van der Waals surface area contributed by atoms with E-state index in [2.05, 4.69) is 13.8 Å². The second kappa shape index (κ2) is 9.54. The number of carbonyl (C=O) groups is 1. The van der Waals surface area contributed by atoms with Gasteiger partial charge in [-0.05, 0) is 24.5 Å². The molecule has 1 atom stereocenters. The second-order valence-electron chi connectivity index (χ2n) is 5.52. The maximum absolute atomic E-state index is 12.4. The lowest BCUT2D eigenvalue weighted by Crippen LogP contribution is -2.34. The summed E-state index contributed by atoms with van der Waals surface area (Å²) in [5.41, 5.74) is 6.56. The first-order valence-corrected chi connectivity index (χ1v) is 7.13. The van der Waals surface area contributed by atoms with Crippen LogP contribution >= 0.6 is 12.4 Å². The number of nitrogens with zero attached hydrogens (tertiary/aromatic N) is 1. The average Bonchev–Trinajstić information content (AvgIpc) is 2.50. The Morgan fingerprint density at radius 1 is 1.18 bits per heavy atom. The van der Waals surface area contributed by atoms with Crippen LogP contribution in [0.3, 0.4) is 0 Å². The zero-order valence-electron chi connectivity index (χ0n) is 14.0. The third-order valence-electron chi connectivity index (χ3n) is 3.60. The van der Waals surface area contributed by atoms with Crippen LogP contribution in [0.1, 0.15) is 30.6 Å². The normalized spacial score (nSPS) is 11.6. The number of methoxy groups -OCH3 is 2. The molecule has 0 saturated heterocycles. The molecule has 0 bridgehead atoms. The monoisotopic (exact) mass is 330 g/mol. The number of ether oxygens (including phenoxy) is 2. The third-order valence-corrected chi connectivity index (χ3v) is 3.60. The molecule has 2 N–H and O–H groups in total. The number of hydrogen-bond donors (Lipinski definition) is 1. The minimum Gasteiger partial charge on any atom is -0.497 e. The van der Waals surface area contributed by atoms with Gasteiger partial charge in [0.1, 0.15) is 11.5 Å². The summed E-state index contributed by atoms with van der Waals surface area (Å²) in [6, 6.07) is 5.26. The Hall–Kier alpha value is -1.46. The summed E-state index contributed by atoms with van der Waals surface area (Å²) >= 11 is 0. The quantitative estimate of drug-likeness (QED) is 0.834. The summed E-state index contributed by atoms with van der Waals surface area (Å²) in [4.78, 5) is 14.1. The molecule has 5 nitrogen and oxygen atoms in total. The minimum atomic E-state index is -0.0665. The zero-order chi connectivity index (χ0) is 16.0. The van der Waals surface area contributed by atoms with Crippen molar-refractivity contribution in [3.8, 4) is 11.5 Å². The van der Waals surface area contributed by atoms with Crippen LogP contribution in [0.15, 0.2) is 18.2 Å². The summed E-state index contributed by atoms with van der Waals surface area (Å²) in [6.45, 7) is 4.79. The fourth-order valence-corrected chi connectivity index (χ4v) is 1.93. The van der Waals surface area contributed by atoms with Crippen molar-refractivity contribution in [3.63, 3.8) is 0 Å². The maximum atomic E-state index is 12.4. The van der Waals surface area contributed by atoms with Gasteiger partial charge < -0.3 is 20.1 Å². The summed E-state index contributed by atoms with van der Waals surface area (Å²) in [7, 11) is 4.91. The fraction of sp³-hybridized carbons (Fsp3) is 0.562. The van der Waals surface area contributed by atoms with Crippen LogP contribution in [0.2, 0.25) is 0 Å². The predicted molar refractivity (Wildman–Crippen MR) is 91.2 cm³/mol. The molecule has 0 aliphatic carbocycles. The van der Waals surface area contributed by atoms with E-state index in [0.717, 1.165) is 6.42 Å². The number of carbonyl (C=O) groups excluding carboxylic acids is 1. The first kappa shape index (κ1) is 20.5. The average molecular weight is 331 g/mol. The Morgan fingerprint density at radius 3 is 2.09 bits per heavy atom. The molecule has 0 spiro atoms. The highest BCUT2D eigenvalue weighted by Crippen LogP contribution is 2.23. The van der Waals surface area contributed by atoms with Crippen molar-refractivity contribution in [2.45, 2.75) is 26.3 Å². The molecule has 0 aliphatic heterocycles. The highest BCUT2D eigenvalue weighted by atomic mass is 35.5. The van der Waals surface area contributed by atoms with Crippen molar-refractivity contribution in [1.82, 2.24) is 4.90 Å². The van der Waals surface area contributed by atoms with E-state index >= 15 is 0 Å². The molecular formula is C16H27ClN2O3. The SMILES string of the molecule is COc1cc(OC)cc(C(=O)N(C)CCC(N)C(C)C)c1.Cl. The number of halogens is 1. The van der Waals surface area contributed by atoms with Gasteiger partial charge in [-0.25, -0.2) is 0 Å². The van der Waals surface area contributed by atoms with Crippen LogP contribution in [-0.4, -0.2) is 44.7 Å². The van der Waals surface area contributed by atoms with Gasteiger partial charge in [-0.3, -0.25) is 4.79 Å². The molecule has 1 unspecified atom stereocenters. The Morgan fingerprint density at radius 2 is 1.68 bits per heavy atom. The van der Waals surface area contributed by atoms with E-state index in [1.54, 1.807) is 44.4 Å². The number of benzene rings is 1. The van der Waals surface area contributed by atoms with Crippen molar-refractivity contribution in [2.75, 3.05) is 27.8 Å². The van der Waals surface area contributed by atoms with Crippen molar-refractivity contribution in [3.05, 3.63) is 23.8 Å². The van der Waals surface area contributed by atoms with Gasteiger partial charge in [-0.2, -0.15) is 0 Å². The minimum absolute atomic E-state index is 0. The van der Waals surface area contributed by atoms with Crippen LogP contribution in [0.5, 0.6) is 11.5 Å². The highest BCUT2D eigenvalue weighted by molar-refractivity contribution is 5.95. The molecule has 1 aromatic carbocycles. The van der Waals surface area contributed by atoms with Crippen LogP contribution in [-0.2, 0) is 0 Å². The number of rotatable bonds is 7. The second-order valence-corrected chi connectivity index (χ2v) is 5.52. The zero-order valence-corrected chi connectivity index (χ0v) is 14.8. The number of hydrogen-bond acceptors (Lipinski definition) is 4. The molecule has 0 radical (unpaired) electrons. The third kappa shape index (κ3) is 5.73.